The molecule has 0 aliphatic carbocycles. The molecule has 1 atom stereocenters. The molecule has 0 aliphatic heterocycles. The zero-order valence-electron chi connectivity index (χ0n) is 13.0. The number of rotatable bonds is 6. The van der Waals surface area contributed by atoms with E-state index < -0.39 is 6.04 Å². The van der Waals surface area contributed by atoms with Crippen LogP contribution in [0.2, 0.25) is 0 Å². The van der Waals surface area contributed by atoms with Crippen molar-refractivity contribution in [2.75, 3.05) is 14.1 Å². The molecular weight excluding hydrogens is 288 g/mol. The number of halogens is 1. The van der Waals surface area contributed by atoms with Crippen molar-refractivity contribution in [3.8, 4) is 0 Å². The van der Waals surface area contributed by atoms with Crippen molar-refractivity contribution in [2.45, 2.75) is 32.2 Å². The van der Waals surface area contributed by atoms with E-state index in [1.165, 1.54) is 4.90 Å². The van der Waals surface area contributed by atoms with Crippen LogP contribution in [0.5, 0.6) is 0 Å². The second kappa shape index (κ2) is 8.03. The molecule has 1 aromatic carbocycles. The predicted octanol–water partition coefficient (Wildman–Crippen LogP) is 2.66. The first kappa shape index (κ1) is 17.5. The van der Waals surface area contributed by atoms with Crippen LogP contribution >= 0.6 is 11.6 Å². The Labute approximate surface area is 131 Å². The van der Waals surface area contributed by atoms with Crippen molar-refractivity contribution in [3.05, 3.63) is 35.4 Å². The van der Waals surface area contributed by atoms with Gasteiger partial charge in [0, 0.05) is 25.5 Å². The van der Waals surface area contributed by atoms with Crippen molar-refractivity contribution >= 4 is 23.4 Å². The number of hydrogen-bond acceptors (Lipinski definition) is 2. The average molecular weight is 311 g/mol. The molecule has 21 heavy (non-hydrogen) atoms. The highest BCUT2D eigenvalue weighted by atomic mass is 35.5. The molecule has 5 heteroatoms. The molecule has 0 bridgehead atoms. The van der Waals surface area contributed by atoms with Gasteiger partial charge in [0.15, 0.2) is 0 Å². The summed E-state index contributed by atoms with van der Waals surface area (Å²) in [6.45, 7) is 4.05. The molecule has 0 spiro atoms. The summed E-state index contributed by atoms with van der Waals surface area (Å²) < 4.78 is 0. The molecule has 0 aromatic heterocycles. The van der Waals surface area contributed by atoms with Gasteiger partial charge in [0.2, 0.25) is 5.91 Å². The summed E-state index contributed by atoms with van der Waals surface area (Å²) in [5, 5.41) is 2.82. The highest BCUT2D eigenvalue weighted by molar-refractivity contribution is 6.17. The number of benzene rings is 1. The third-order valence-corrected chi connectivity index (χ3v) is 3.40. The Morgan fingerprint density at radius 2 is 1.95 bits per heavy atom. The topological polar surface area (TPSA) is 49.4 Å². The molecule has 0 radical (unpaired) electrons. The van der Waals surface area contributed by atoms with Crippen molar-refractivity contribution in [1.82, 2.24) is 10.2 Å². The molecule has 0 fully saturated rings. The van der Waals surface area contributed by atoms with E-state index >= 15 is 0 Å². The number of carbonyl (C=O) groups is 2. The van der Waals surface area contributed by atoms with Gasteiger partial charge in [-0.15, -0.1) is 11.6 Å². The Hall–Kier alpha value is -1.55. The van der Waals surface area contributed by atoms with Crippen LogP contribution in [0.1, 0.15) is 36.2 Å². The zero-order valence-corrected chi connectivity index (χ0v) is 13.8. The first-order valence-corrected chi connectivity index (χ1v) is 7.55. The van der Waals surface area contributed by atoms with Gasteiger partial charge in [-0.25, -0.2) is 0 Å². The molecular formula is C16H23ClN2O2. The lowest BCUT2D eigenvalue weighted by Crippen LogP contribution is -2.46. The second-order valence-electron chi connectivity index (χ2n) is 5.72. The fourth-order valence-electron chi connectivity index (χ4n) is 2.04. The van der Waals surface area contributed by atoms with Gasteiger partial charge in [-0.1, -0.05) is 26.0 Å². The lowest BCUT2D eigenvalue weighted by atomic mass is 10.0. The minimum absolute atomic E-state index is 0.0921. The molecule has 1 rings (SSSR count). The summed E-state index contributed by atoms with van der Waals surface area (Å²) in [6, 6.07) is 6.61. The summed E-state index contributed by atoms with van der Waals surface area (Å²) in [5.41, 5.74) is 1.40. The Morgan fingerprint density at radius 1 is 1.29 bits per heavy atom. The SMILES string of the molecule is CC(C)CC(NC(=O)c1cccc(CCl)c1)C(=O)N(C)C. The summed E-state index contributed by atoms with van der Waals surface area (Å²) in [4.78, 5) is 26.0. The Kier molecular flexibility index (Phi) is 6.69. The van der Waals surface area contributed by atoms with Crippen LogP contribution in [0.4, 0.5) is 0 Å². The minimum Gasteiger partial charge on any atom is -0.347 e. The molecule has 2 amide bonds. The van der Waals surface area contributed by atoms with Gasteiger partial charge in [0.05, 0.1) is 0 Å². The second-order valence-corrected chi connectivity index (χ2v) is 5.99. The monoisotopic (exact) mass is 310 g/mol. The first-order chi connectivity index (χ1) is 9.85. The third kappa shape index (κ3) is 5.38. The summed E-state index contributed by atoms with van der Waals surface area (Å²) in [7, 11) is 3.38. The van der Waals surface area contributed by atoms with Gasteiger partial charge in [-0.05, 0) is 30.0 Å². The number of nitrogens with one attached hydrogen (secondary N) is 1. The van der Waals surface area contributed by atoms with Crippen LogP contribution in [0.3, 0.4) is 0 Å². The molecule has 1 unspecified atom stereocenters. The standard InChI is InChI=1S/C16H23ClN2O2/c1-11(2)8-14(16(21)19(3)4)18-15(20)13-7-5-6-12(9-13)10-17/h5-7,9,11,14H,8,10H2,1-4H3,(H,18,20). The number of carbonyl (C=O) groups excluding carboxylic acids is 2. The number of nitrogens with zero attached hydrogens (tertiary/aromatic N) is 1. The summed E-state index contributed by atoms with van der Waals surface area (Å²) in [6.07, 6.45) is 0.609. The fraction of sp³-hybridized carbons (Fsp3) is 0.500. The van der Waals surface area contributed by atoms with E-state index in [0.717, 1.165) is 5.56 Å². The van der Waals surface area contributed by atoms with Gasteiger partial charge in [0.1, 0.15) is 6.04 Å². The highest BCUT2D eigenvalue weighted by Crippen LogP contribution is 2.11. The maximum absolute atomic E-state index is 12.3. The highest BCUT2D eigenvalue weighted by Gasteiger charge is 2.23. The summed E-state index contributed by atoms with van der Waals surface area (Å²) in [5.74, 6) is 0.328. The lowest BCUT2D eigenvalue weighted by Gasteiger charge is -2.23. The summed E-state index contributed by atoms with van der Waals surface area (Å²) >= 11 is 5.78. The van der Waals surface area contributed by atoms with E-state index in [-0.39, 0.29) is 11.8 Å². The van der Waals surface area contributed by atoms with E-state index in [9.17, 15) is 9.59 Å². The Morgan fingerprint density at radius 3 is 2.48 bits per heavy atom. The number of hydrogen-bond donors (Lipinski definition) is 1. The number of likely N-dealkylation sites (N-methyl/N-ethyl adjacent to an activating group) is 1. The number of alkyl halides is 1. The normalized spacial score (nSPS) is 12.1. The molecule has 0 heterocycles. The first-order valence-electron chi connectivity index (χ1n) is 7.02. The Bertz CT molecular complexity index is 501. The van der Waals surface area contributed by atoms with Crippen LogP contribution < -0.4 is 5.32 Å². The molecule has 1 N–H and O–H groups in total. The van der Waals surface area contributed by atoms with Crippen molar-refractivity contribution in [3.63, 3.8) is 0 Å². The maximum Gasteiger partial charge on any atom is 0.251 e. The van der Waals surface area contributed by atoms with Crippen LogP contribution in [0.25, 0.3) is 0 Å². The van der Waals surface area contributed by atoms with Gasteiger partial charge < -0.3 is 10.2 Å². The fourth-order valence-corrected chi connectivity index (χ4v) is 2.21. The number of amides is 2. The molecule has 4 nitrogen and oxygen atoms in total. The van der Waals surface area contributed by atoms with Crippen molar-refractivity contribution in [2.24, 2.45) is 5.92 Å². The maximum atomic E-state index is 12.3. The van der Waals surface area contributed by atoms with E-state index in [1.54, 1.807) is 32.3 Å². The molecule has 116 valence electrons. The van der Waals surface area contributed by atoms with E-state index in [4.69, 9.17) is 11.6 Å². The quantitative estimate of drug-likeness (QED) is 0.821. The van der Waals surface area contributed by atoms with Crippen molar-refractivity contribution < 1.29 is 9.59 Å². The van der Waals surface area contributed by atoms with Crippen molar-refractivity contribution in [1.29, 1.82) is 0 Å². The van der Waals surface area contributed by atoms with Crippen LogP contribution in [-0.4, -0.2) is 36.9 Å². The minimum atomic E-state index is -0.507. The van der Waals surface area contributed by atoms with E-state index in [0.29, 0.717) is 23.8 Å². The van der Waals surface area contributed by atoms with E-state index in [1.807, 2.05) is 19.9 Å². The molecule has 0 aliphatic rings. The smallest absolute Gasteiger partial charge is 0.251 e. The van der Waals surface area contributed by atoms with Gasteiger partial charge in [-0.3, -0.25) is 9.59 Å². The van der Waals surface area contributed by atoms with Gasteiger partial charge in [-0.2, -0.15) is 0 Å². The predicted molar refractivity (Wildman–Crippen MR) is 85.4 cm³/mol. The average Bonchev–Trinajstić information content (AvgIpc) is 2.45. The van der Waals surface area contributed by atoms with Crippen LogP contribution in [0, 0.1) is 5.92 Å². The Balaban J connectivity index is 2.86. The largest absolute Gasteiger partial charge is 0.347 e. The third-order valence-electron chi connectivity index (χ3n) is 3.09. The zero-order chi connectivity index (χ0) is 16.0. The van der Waals surface area contributed by atoms with Gasteiger partial charge >= 0.3 is 0 Å². The molecule has 0 saturated carbocycles. The van der Waals surface area contributed by atoms with E-state index in [2.05, 4.69) is 5.32 Å². The van der Waals surface area contributed by atoms with Crippen LogP contribution in [-0.2, 0) is 10.7 Å². The molecule has 0 saturated heterocycles. The van der Waals surface area contributed by atoms with Crippen LogP contribution in [0.15, 0.2) is 24.3 Å². The lowest BCUT2D eigenvalue weighted by molar-refractivity contribution is -0.131. The molecule has 1 aromatic rings. The van der Waals surface area contributed by atoms with Gasteiger partial charge in [0.25, 0.3) is 5.91 Å².